The Hall–Kier alpha value is -2.73. The minimum absolute atomic E-state index is 0.782. The van der Waals surface area contributed by atoms with Crippen LogP contribution in [-0.2, 0) is 24.0 Å². The average molecular weight is 362 g/mol. The molecule has 0 heterocycles. The Morgan fingerprint density at radius 2 is 1.36 bits per heavy atom. The monoisotopic (exact) mass is 362 g/mol. The van der Waals surface area contributed by atoms with E-state index < -0.39 is 66.9 Å². The molecule has 0 aromatic heterocycles. The van der Waals surface area contributed by atoms with Gasteiger partial charge in [-0.1, -0.05) is 0 Å². The number of hydrogen-bond donors (Lipinski definition) is 7. The highest BCUT2D eigenvalue weighted by molar-refractivity contribution is 5.95. The summed E-state index contributed by atoms with van der Waals surface area (Å²) in [5.74, 6) is -5.54. The first-order chi connectivity index (χ1) is 11.5. The molecule has 0 aliphatic carbocycles. The van der Waals surface area contributed by atoms with E-state index in [0.717, 1.165) is 0 Å². The van der Waals surface area contributed by atoms with E-state index in [-0.39, 0.29) is 0 Å². The first kappa shape index (κ1) is 22.3. The third kappa shape index (κ3) is 8.08. The van der Waals surface area contributed by atoms with Crippen LogP contribution in [-0.4, -0.2) is 75.8 Å². The molecular weight excluding hydrogens is 340 g/mol. The zero-order chi connectivity index (χ0) is 19.7. The van der Waals surface area contributed by atoms with Crippen molar-refractivity contribution in [2.24, 2.45) is 5.73 Å². The van der Waals surface area contributed by atoms with Gasteiger partial charge in [0.25, 0.3) is 0 Å². The van der Waals surface area contributed by atoms with Crippen molar-refractivity contribution in [3.8, 4) is 0 Å². The highest BCUT2D eigenvalue weighted by Gasteiger charge is 2.29. The maximum atomic E-state index is 12.1. The molecule has 0 aromatic rings. The van der Waals surface area contributed by atoms with Crippen LogP contribution in [0.15, 0.2) is 0 Å². The van der Waals surface area contributed by atoms with Crippen molar-refractivity contribution in [2.75, 3.05) is 6.61 Å². The number of aliphatic hydroxyl groups excluding tert-OH is 1. The molecule has 12 heteroatoms. The third-order valence-corrected chi connectivity index (χ3v) is 2.97. The number of carboxylic acids is 2. The normalized spacial score (nSPS) is 15.2. The lowest BCUT2D eigenvalue weighted by Crippen LogP contribution is -2.58. The summed E-state index contributed by atoms with van der Waals surface area (Å²) in [6.07, 6.45) is -0.782. The van der Waals surface area contributed by atoms with Crippen LogP contribution in [0.5, 0.6) is 0 Å². The summed E-state index contributed by atoms with van der Waals surface area (Å²) in [4.78, 5) is 57.0. The van der Waals surface area contributed by atoms with Crippen LogP contribution in [0.1, 0.15) is 20.3 Å². The van der Waals surface area contributed by atoms with E-state index in [4.69, 9.17) is 15.9 Å². The fourth-order valence-corrected chi connectivity index (χ4v) is 1.53. The number of carbonyl (C=O) groups excluding carboxylic acids is 3. The van der Waals surface area contributed by atoms with Crippen molar-refractivity contribution >= 4 is 29.7 Å². The lowest BCUT2D eigenvalue weighted by atomic mass is 10.1. The van der Waals surface area contributed by atoms with Gasteiger partial charge in [-0.15, -0.1) is 0 Å². The van der Waals surface area contributed by atoms with Gasteiger partial charge in [-0.2, -0.15) is 0 Å². The van der Waals surface area contributed by atoms with E-state index in [0.29, 0.717) is 0 Å². The van der Waals surface area contributed by atoms with Crippen LogP contribution < -0.4 is 21.7 Å². The van der Waals surface area contributed by atoms with Gasteiger partial charge in [0.1, 0.15) is 18.1 Å². The van der Waals surface area contributed by atoms with Gasteiger partial charge < -0.3 is 37.0 Å². The number of nitrogens with two attached hydrogens (primary N) is 1. The van der Waals surface area contributed by atoms with Gasteiger partial charge in [-0.05, 0) is 13.8 Å². The van der Waals surface area contributed by atoms with E-state index in [1.807, 2.05) is 10.6 Å². The molecule has 0 bridgehead atoms. The number of aliphatic hydroxyl groups is 1. The fraction of sp³-hybridized carbons (Fsp3) is 0.615. The van der Waals surface area contributed by atoms with Crippen LogP contribution in [0.2, 0.25) is 0 Å². The molecule has 0 rings (SSSR count). The van der Waals surface area contributed by atoms with Crippen molar-refractivity contribution < 1.29 is 39.3 Å². The number of carbonyl (C=O) groups is 5. The quantitative estimate of drug-likeness (QED) is 0.204. The van der Waals surface area contributed by atoms with Crippen LogP contribution in [0.4, 0.5) is 0 Å². The van der Waals surface area contributed by atoms with Crippen LogP contribution in [0, 0.1) is 0 Å². The van der Waals surface area contributed by atoms with E-state index in [2.05, 4.69) is 5.32 Å². The second-order valence-corrected chi connectivity index (χ2v) is 5.26. The van der Waals surface area contributed by atoms with E-state index in [1.54, 1.807) is 0 Å². The van der Waals surface area contributed by atoms with Gasteiger partial charge in [0.15, 0.2) is 0 Å². The molecule has 4 unspecified atom stereocenters. The summed E-state index contributed by atoms with van der Waals surface area (Å²) in [6, 6.07) is -5.34. The number of aliphatic carboxylic acids is 2. The van der Waals surface area contributed by atoms with Gasteiger partial charge >= 0.3 is 11.9 Å². The van der Waals surface area contributed by atoms with Crippen molar-refractivity contribution in [1.82, 2.24) is 16.0 Å². The van der Waals surface area contributed by atoms with Gasteiger partial charge in [0, 0.05) is 0 Å². The number of nitrogens with one attached hydrogen (secondary N) is 3. The highest BCUT2D eigenvalue weighted by Crippen LogP contribution is 1.97. The molecular formula is C13H22N4O8. The summed E-state index contributed by atoms with van der Waals surface area (Å²) in [5.41, 5.74) is 5.32. The smallest absolute Gasteiger partial charge is 0.325 e. The number of amides is 3. The summed E-state index contributed by atoms with van der Waals surface area (Å²) in [5, 5.41) is 32.9. The topological polar surface area (TPSA) is 208 Å². The Labute approximate surface area is 142 Å². The largest absolute Gasteiger partial charge is 0.481 e. The minimum atomic E-state index is -1.53. The van der Waals surface area contributed by atoms with Crippen LogP contribution >= 0.6 is 0 Å². The van der Waals surface area contributed by atoms with E-state index in [1.165, 1.54) is 13.8 Å². The molecule has 0 spiro atoms. The zero-order valence-electron chi connectivity index (χ0n) is 13.7. The molecule has 0 radical (unpaired) electrons. The molecule has 0 aromatic carbocycles. The Kier molecular flexibility index (Phi) is 9.09. The molecule has 142 valence electrons. The molecule has 3 amide bonds. The summed E-state index contributed by atoms with van der Waals surface area (Å²) in [6.45, 7) is 1.62. The Bertz CT molecular complexity index is 536. The summed E-state index contributed by atoms with van der Waals surface area (Å²) < 4.78 is 0. The summed E-state index contributed by atoms with van der Waals surface area (Å²) >= 11 is 0. The number of rotatable bonds is 10. The maximum Gasteiger partial charge on any atom is 0.325 e. The van der Waals surface area contributed by atoms with Crippen molar-refractivity contribution in [1.29, 1.82) is 0 Å². The molecule has 0 saturated heterocycles. The van der Waals surface area contributed by atoms with Gasteiger partial charge in [0.2, 0.25) is 17.7 Å². The SMILES string of the molecule is CC(N)C(=O)NC(CC(=O)O)C(=O)NC(CO)C(=O)NC(C)C(=O)O. The maximum absolute atomic E-state index is 12.1. The lowest BCUT2D eigenvalue weighted by molar-refractivity contribution is -0.143. The van der Waals surface area contributed by atoms with Gasteiger partial charge in [-0.25, -0.2) is 0 Å². The predicted octanol–water partition coefficient (Wildman–Crippen LogP) is -3.64. The molecule has 0 saturated carbocycles. The van der Waals surface area contributed by atoms with Gasteiger partial charge in [-0.3, -0.25) is 24.0 Å². The molecule has 25 heavy (non-hydrogen) atoms. The van der Waals surface area contributed by atoms with Crippen molar-refractivity contribution in [3.63, 3.8) is 0 Å². The van der Waals surface area contributed by atoms with E-state index in [9.17, 15) is 29.1 Å². The third-order valence-electron chi connectivity index (χ3n) is 2.97. The lowest BCUT2D eigenvalue weighted by Gasteiger charge is -2.22. The molecule has 0 aliphatic rings. The number of hydrogen-bond acceptors (Lipinski definition) is 7. The first-order valence-corrected chi connectivity index (χ1v) is 7.21. The van der Waals surface area contributed by atoms with Crippen LogP contribution in [0.25, 0.3) is 0 Å². The molecule has 0 fully saturated rings. The Morgan fingerprint density at radius 3 is 1.76 bits per heavy atom. The molecule has 8 N–H and O–H groups in total. The Balaban J connectivity index is 5.03. The molecule has 12 nitrogen and oxygen atoms in total. The number of carboxylic acid groups (broad SMARTS) is 2. The Morgan fingerprint density at radius 1 is 0.880 bits per heavy atom. The minimum Gasteiger partial charge on any atom is -0.481 e. The first-order valence-electron chi connectivity index (χ1n) is 7.21. The fourth-order valence-electron chi connectivity index (χ4n) is 1.53. The van der Waals surface area contributed by atoms with Gasteiger partial charge in [0.05, 0.1) is 19.1 Å². The van der Waals surface area contributed by atoms with Crippen molar-refractivity contribution in [3.05, 3.63) is 0 Å². The molecule has 4 atom stereocenters. The second-order valence-electron chi connectivity index (χ2n) is 5.26. The van der Waals surface area contributed by atoms with E-state index >= 15 is 0 Å². The van der Waals surface area contributed by atoms with Crippen LogP contribution in [0.3, 0.4) is 0 Å². The average Bonchev–Trinajstić information content (AvgIpc) is 2.50. The summed E-state index contributed by atoms with van der Waals surface area (Å²) in [7, 11) is 0. The highest BCUT2D eigenvalue weighted by atomic mass is 16.4. The second kappa shape index (κ2) is 10.2. The van der Waals surface area contributed by atoms with Crippen molar-refractivity contribution in [2.45, 2.75) is 44.4 Å². The standard InChI is InChI=1S/C13H22N4O8/c1-5(14)10(21)16-7(3-9(19)20)11(22)17-8(4-18)12(23)15-6(2)13(24)25/h5-8,18H,3-4,14H2,1-2H3,(H,15,23)(H,16,21)(H,17,22)(H,19,20)(H,24,25). The zero-order valence-corrected chi connectivity index (χ0v) is 13.7. The predicted molar refractivity (Wildman–Crippen MR) is 82.1 cm³/mol. The molecule has 0 aliphatic heterocycles.